The Balaban J connectivity index is 1.67. The minimum Gasteiger partial charge on any atom is -0.352 e. The number of rotatable bonds is 5. The molecule has 28 heavy (non-hydrogen) atoms. The average Bonchev–Trinajstić information content (AvgIpc) is 2.87. The maximum absolute atomic E-state index is 13.6. The number of likely N-dealkylation sites (tertiary alicyclic amines) is 1. The largest absolute Gasteiger partial charge is 0.417 e. The predicted octanol–water partition coefficient (Wildman–Crippen LogP) is 3.78. The Labute approximate surface area is 160 Å². The summed E-state index contributed by atoms with van der Waals surface area (Å²) < 4.78 is 40.8. The topological polar surface area (TPSA) is 62.3 Å². The fraction of sp³-hybridized carbons (Fsp3) is 0.450. The van der Waals surface area contributed by atoms with Crippen molar-refractivity contribution >= 4 is 22.7 Å². The van der Waals surface area contributed by atoms with Crippen molar-refractivity contribution in [3.63, 3.8) is 0 Å². The first-order valence-electron chi connectivity index (χ1n) is 9.39. The third kappa shape index (κ3) is 4.61. The van der Waals surface area contributed by atoms with Crippen LogP contribution >= 0.6 is 0 Å². The molecule has 0 radical (unpaired) electrons. The molecule has 1 aromatic heterocycles. The van der Waals surface area contributed by atoms with Crippen molar-refractivity contribution in [2.45, 2.75) is 38.3 Å². The van der Waals surface area contributed by atoms with Gasteiger partial charge < -0.3 is 10.2 Å². The highest BCUT2D eigenvalue weighted by Gasteiger charge is 2.37. The number of pyridine rings is 1. The van der Waals surface area contributed by atoms with E-state index in [2.05, 4.69) is 10.3 Å². The zero-order valence-corrected chi connectivity index (χ0v) is 15.4. The van der Waals surface area contributed by atoms with Gasteiger partial charge in [-0.05, 0) is 25.3 Å². The first-order valence-corrected chi connectivity index (χ1v) is 9.39. The van der Waals surface area contributed by atoms with Gasteiger partial charge >= 0.3 is 6.18 Å². The Bertz CT molecular complexity index is 867. The molecule has 3 rings (SSSR count). The van der Waals surface area contributed by atoms with Gasteiger partial charge in [-0.15, -0.1) is 0 Å². The van der Waals surface area contributed by atoms with Crippen molar-refractivity contribution in [3.8, 4) is 0 Å². The van der Waals surface area contributed by atoms with Crippen LogP contribution in [-0.4, -0.2) is 41.3 Å². The summed E-state index contributed by atoms with van der Waals surface area (Å²) in [5, 5.41) is 2.43. The van der Waals surface area contributed by atoms with Crippen molar-refractivity contribution in [3.05, 3.63) is 41.6 Å². The predicted molar refractivity (Wildman–Crippen MR) is 98.7 cm³/mol. The van der Waals surface area contributed by atoms with Gasteiger partial charge in [-0.2, -0.15) is 13.2 Å². The summed E-state index contributed by atoms with van der Waals surface area (Å²) in [7, 11) is 0. The van der Waals surface area contributed by atoms with Crippen molar-refractivity contribution < 1.29 is 22.8 Å². The Morgan fingerprint density at radius 3 is 2.75 bits per heavy atom. The second kappa shape index (κ2) is 8.58. The Morgan fingerprint density at radius 1 is 1.18 bits per heavy atom. The molecule has 1 aliphatic heterocycles. The molecule has 0 atom stereocenters. The third-order valence-electron chi connectivity index (χ3n) is 4.87. The van der Waals surface area contributed by atoms with Gasteiger partial charge in [-0.25, -0.2) is 0 Å². The highest BCUT2D eigenvalue weighted by atomic mass is 19.4. The fourth-order valence-corrected chi connectivity index (χ4v) is 3.46. The Kier molecular flexibility index (Phi) is 6.16. The van der Waals surface area contributed by atoms with Crippen LogP contribution in [0.2, 0.25) is 0 Å². The summed E-state index contributed by atoms with van der Waals surface area (Å²) in [5.41, 5.74) is -1.28. The van der Waals surface area contributed by atoms with E-state index >= 15 is 0 Å². The number of alkyl halides is 3. The molecule has 5 nitrogen and oxygen atoms in total. The lowest BCUT2D eigenvalue weighted by Crippen LogP contribution is -2.34. The zero-order chi connectivity index (χ0) is 20.1. The van der Waals surface area contributed by atoms with E-state index < -0.39 is 23.2 Å². The summed E-state index contributed by atoms with van der Waals surface area (Å²) in [6, 6.07) is 5.87. The summed E-state index contributed by atoms with van der Waals surface area (Å²) in [4.78, 5) is 30.1. The fourth-order valence-electron chi connectivity index (χ4n) is 3.46. The van der Waals surface area contributed by atoms with E-state index in [4.69, 9.17) is 0 Å². The van der Waals surface area contributed by atoms with Gasteiger partial charge in [-0.3, -0.25) is 14.6 Å². The number of halogens is 3. The molecule has 2 aromatic rings. The molecule has 0 spiro atoms. The van der Waals surface area contributed by atoms with Crippen LogP contribution in [0.15, 0.2) is 30.5 Å². The minimum atomic E-state index is -4.67. The molecule has 1 N–H and O–H groups in total. The number of hydrogen-bond donors (Lipinski definition) is 1. The quantitative estimate of drug-likeness (QED) is 0.787. The number of nitrogens with one attached hydrogen (secondary N) is 1. The summed E-state index contributed by atoms with van der Waals surface area (Å²) in [6.45, 7) is 1.37. The number of para-hydroxylation sites is 1. The van der Waals surface area contributed by atoms with Crippen LogP contribution in [0.25, 0.3) is 10.9 Å². The lowest BCUT2D eigenvalue weighted by atomic mass is 10.0. The second-order valence-corrected chi connectivity index (χ2v) is 6.86. The molecule has 1 aliphatic rings. The molecule has 1 fully saturated rings. The number of carbonyl (C=O) groups excluding carboxylic acids is 2. The molecule has 0 saturated carbocycles. The summed E-state index contributed by atoms with van der Waals surface area (Å²) in [6.07, 6.45) is 0.182. The maximum atomic E-state index is 13.6. The van der Waals surface area contributed by atoms with E-state index in [-0.39, 0.29) is 23.4 Å². The first kappa shape index (κ1) is 20.1. The van der Waals surface area contributed by atoms with E-state index in [1.165, 1.54) is 18.2 Å². The van der Waals surface area contributed by atoms with Gasteiger partial charge in [0.2, 0.25) is 5.91 Å². The van der Waals surface area contributed by atoms with E-state index in [9.17, 15) is 22.8 Å². The van der Waals surface area contributed by atoms with E-state index in [0.29, 0.717) is 25.9 Å². The number of fused-ring (bicyclic) bond motifs is 1. The van der Waals surface area contributed by atoms with Crippen LogP contribution < -0.4 is 5.32 Å². The Morgan fingerprint density at radius 2 is 1.96 bits per heavy atom. The standard InChI is InChI=1S/C20H22F3N3O2/c21-20(22,23)18-14-7-3-4-8-16(14)25-13-15(18)19(28)24-10-6-12-26-11-5-1-2-9-17(26)27/h3-4,7-8,13H,1-2,5-6,9-12H2,(H,24,28). The van der Waals surface area contributed by atoms with Crippen LogP contribution in [-0.2, 0) is 11.0 Å². The second-order valence-electron chi connectivity index (χ2n) is 6.86. The van der Waals surface area contributed by atoms with E-state index in [0.717, 1.165) is 25.5 Å². The molecule has 150 valence electrons. The van der Waals surface area contributed by atoms with Gasteiger partial charge in [0.25, 0.3) is 5.91 Å². The third-order valence-corrected chi connectivity index (χ3v) is 4.87. The number of carbonyl (C=O) groups is 2. The molecule has 0 aliphatic carbocycles. The van der Waals surface area contributed by atoms with Crippen LogP contribution in [0.5, 0.6) is 0 Å². The maximum Gasteiger partial charge on any atom is 0.417 e. The molecule has 8 heteroatoms. The van der Waals surface area contributed by atoms with Crippen molar-refractivity contribution in [1.29, 1.82) is 0 Å². The van der Waals surface area contributed by atoms with E-state index in [1.54, 1.807) is 11.0 Å². The summed E-state index contributed by atoms with van der Waals surface area (Å²) >= 11 is 0. The number of benzene rings is 1. The lowest BCUT2D eigenvalue weighted by Gasteiger charge is -2.20. The van der Waals surface area contributed by atoms with Gasteiger partial charge in [-0.1, -0.05) is 24.6 Å². The molecule has 2 heterocycles. The highest BCUT2D eigenvalue weighted by Crippen LogP contribution is 2.36. The van der Waals surface area contributed by atoms with Crippen LogP contribution in [0.1, 0.15) is 48.0 Å². The molecule has 2 amide bonds. The first-order chi connectivity index (χ1) is 13.4. The Hall–Kier alpha value is -2.64. The van der Waals surface area contributed by atoms with Gasteiger partial charge in [0, 0.05) is 37.6 Å². The SMILES string of the molecule is O=C(NCCCN1CCCCCC1=O)c1cnc2ccccc2c1C(F)(F)F. The molecule has 1 saturated heterocycles. The monoisotopic (exact) mass is 393 g/mol. The van der Waals surface area contributed by atoms with Gasteiger partial charge in [0.05, 0.1) is 16.6 Å². The zero-order valence-electron chi connectivity index (χ0n) is 15.4. The van der Waals surface area contributed by atoms with Crippen LogP contribution in [0, 0.1) is 0 Å². The van der Waals surface area contributed by atoms with Crippen LogP contribution in [0.4, 0.5) is 13.2 Å². The van der Waals surface area contributed by atoms with Crippen LogP contribution in [0.3, 0.4) is 0 Å². The number of amides is 2. The smallest absolute Gasteiger partial charge is 0.352 e. The number of hydrogen-bond acceptors (Lipinski definition) is 3. The minimum absolute atomic E-state index is 0.0990. The number of nitrogens with zero attached hydrogens (tertiary/aromatic N) is 2. The lowest BCUT2D eigenvalue weighted by molar-refractivity contribution is -0.136. The van der Waals surface area contributed by atoms with Crippen molar-refractivity contribution in [2.75, 3.05) is 19.6 Å². The average molecular weight is 393 g/mol. The summed E-state index contributed by atoms with van der Waals surface area (Å²) in [5.74, 6) is -0.713. The molecule has 0 unspecified atom stereocenters. The van der Waals surface area contributed by atoms with Crippen molar-refractivity contribution in [1.82, 2.24) is 15.2 Å². The van der Waals surface area contributed by atoms with E-state index in [1.807, 2.05) is 0 Å². The molecular weight excluding hydrogens is 371 g/mol. The van der Waals surface area contributed by atoms with Gasteiger partial charge in [0.15, 0.2) is 0 Å². The van der Waals surface area contributed by atoms with Gasteiger partial charge in [0.1, 0.15) is 0 Å². The normalized spacial score (nSPS) is 15.5. The molecule has 1 aromatic carbocycles. The molecular formula is C20H22F3N3O2. The highest BCUT2D eigenvalue weighted by molar-refractivity contribution is 6.00. The van der Waals surface area contributed by atoms with Crippen molar-refractivity contribution in [2.24, 2.45) is 0 Å². The number of aromatic nitrogens is 1. The molecule has 0 bridgehead atoms.